The summed E-state index contributed by atoms with van der Waals surface area (Å²) in [6.07, 6.45) is 1.40. The van der Waals surface area contributed by atoms with Gasteiger partial charge in [-0.25, -0.2) is 4.18 Å². The van der Waals surface area contributed by atoms with E-state index in [1.165, 1.54) is 0 Å². The second-order valence-corrected chi connectivity index (χ2v) is 3.86. The van der Waals surface area contributed by atoms with E-state index in [4.69, 9.17) is 14.9 Å². The van der Waals surface area contributed by atoms with Crippen LogP contribution in [0, 0.1) is 5.41 Å². The molecule has 6 nitrogen and oxygen atoms in total. The van der Waals surface area contributed by atoms with E-state index in [0.29, 0.717) is 0 Å². The minimum Gasteiger partial charge on any atom is -0.326 e. The first-order valence-corrected chi connectivity index (χ1v) is 4.99. The first-order chi connectivity index (χ1) is 5.51. The van der Waals surface area contributed by atoms with Gasteiger partial charge in [0.1, 0.15) is 6.10 Å². The van der Waals surface area contributed by atoms with E-state index >= 15 is 0 Å². The zero-order valence-corrected chi connectivity index (χ0v) is 7.21. The Morgan fingerprint density at radius 2 is 2.33 bits per heavy atom. The molecule has 1 aliphatic heterocycles. The van der Waals surface area contributed by atoms with Gasteiger partial charge in [-0.2, -0.15) is 8.42 Å². The van der Waals surface area contributed by atoms with Crippen LogP contribution in [0.15, 0.2) is 0 Å². The molecule has 0 aromatic rings. The monoisotopic (exact) mass is 195 g/mol. The number of ether oxygens (including phenoxy) is 2. The molecule has 0 saturated carbocycles. The van der Waals surface area contributed by atoms with Crippen molar-refractivity contribution in [2.45, 2.75) is 12.6 Å². The fourth-order valence-electron chi connectivity index (χ4n) is 0.675. The predicted octanol–water partition coefficient (Wildman–Crippen LogP) is -0.689. The summed E-state index contributed by atoms with van der Waals surface area (Å²) in [6, 6.07) is 0. The van der Waals surface area contributed by atoms with Crippen molar-refractivity contribution in [3.63, 3.8) is 0 Å². The third-order valence-corrected chi connectivity index (χ3v) is 1.63. The van der Waals surface area contributed by atoms with Crippen LogP contribution in [0.25, 0.3) is 0 Å². The van der Waals surface area contributed by atoms with Crippen LogP contribution in [0.5, 0.6) is 0 Å². The Labute approximate surface area is 70.1 Å². The highest BCUT2D eigenvalue weighted by Crippen LogP contribution is 2.12. The Morgan fingerprint density at radius 1 is 1.67 bits per heavy atom. The van der Waals surface area contributed by atoms with Gasteiger partial charge in [0.15, 0.2) is 0 Å². The lowest BCUT2D eigenvalue weighted by Crippen LogP contribution is -2.19. The van der Waals surface area contributed by atoms with Crippen molar-refractivity contribution in [3.05, 3.63) is 0 Å². The highest BCUT2D eigenvalue weighted by Gasteiger charge is 2.27. The van der Waals surface area contributed by atoms with Crippen molar-refractivity contribution in [1.82, 2.24) is 0 Å². The summed E-state index contributed by atoms with van der Waals surface area (Å²) in [6.45, 7) is -1.06. The maximum Gasteiger partial charge on any atom is 0.288 e. The Morgan fingerprint density at radius 3 is 2.75 bits per heavy atom. The van der Waals surface area contributed by atoms with Crippen molar-refractivity contribution in [3.8, 4) is 0 Å². The molecule has 2 atom stereocenters. The van der Waals surface area contributed by atoms with E-state index in [1.54, 1.807) is 0 Å². The van der Waals surface area contributed by atoms with Crippen LogP contribution in [0.3, 0.4) is 0 Å². The van der Waals surface area contributed by atoms with Crippen LogP contribution < -0.4 is 0 Å². The van der Waals surface area contributed by atoms with Crippen molar-refractivity contribution >= 4 is 16.3 Å². The molecule has 12 heavy (non-hydrogen) atoms. The SMILES string of the molecule is CS(=O)(=O)OC1OCC(C=N)O1. The van der Waals surface area contributed by atoms with Crippen LogP contribution in [0.1, 0.15) is 0 Å². The summed E-state index contributed by atoms with van der Waals surface area (Å²) < 4.78 is 35.0. The molecule has 70 valence electrons. The third-order valence-electron chi connectivity index (χ3n) is 1.12. The lowest BCUT2D eigenvalue weighted by Gasteiger charge is -2.07. The van der Waals surface area contributed by atoms with Crippen LogP contribution in [-0.4, -0.2) is 40.1 Å². The second kappa shape index (κ2) is 3.48. The standard InChI is InChI=1S/C5H9NO5S/c1-12(7,8)11-5-9-3-4(2-6)10-5/h2,4-6H,3H2,1H3. The van der Waals surface area contributed by atoms with Gasteiger partial charge in [-0.3, -0.25) is 0 Å². The van der Waals surface area contributed by atoms with Gasteiger partial charge in [-0.05, 0) is 0 Å². The molecular formula is C5H9NO5S. The molecule has 0 spiro atoms. The van der Waals surface area contributed by atoms with Crippen molar-refractivity contribution in [1.29, 1.82) is 5.41 Å². The largest absolute Gasteiger partial charge is 0.326 e. The topological polar surface area (TPSA) is 85.7 Å². The lowest BCUT2D eigenvalue weighted by atomic mass is 10.4. The normalized spacial score (nSPS) is 30.4. The van der Waals surface area contributed by atoms with Gasteiger partial charge in [0, 0.05) is 6.21 Å². The van der Waals surface area contributed by atoms with Crippen molar-refractivity contribution < 1.29 is 22.1 Å². The first kappa shape index (κ1) is 9.59. The Hall–Kier alpha value is -0.500. The summed E-state index contributed by atoms with van der Waals surface area (Å²) in [5.41, 5.74) is 0. The summed E-state index contributed by atoms with van der Waals surface area (Å²) in [7, 11) is -3.56. The van der Waals surface area contributed by atoms with E-state index in [2.05, 4.69) is 4.18 Å². The maximum absolute atomic E-state index is 10.5. The molecule has 0 amide bonds. The molecule has 0 aromatic carbocycles. The highest BCUT2D eigenvalue weighted by molar-refractivity contribution is 7.86. The van der Waals surface area contributed by atoms with Gasteiger partial charge in [0.2, 0.25) is 0 Å². The summed E-state index contributed by atoms with van der Waals surface area (Å²) in [5, 5.41) is 6.79. The summed E-state index contributed by atoms with van der Waals surface area (Å²) in [4.78, 5) is 0. The zero-order valence-electron chi connectivity index (χ0n) is 6.39. The second-order valence-electron chi connectivity index (χ2n) is 2.26. The fourth-order valence-corrected chi connectivity index (χ4v) is 1.06. The van der Waals surface area contributed by atoms with Gasteiger partial charge in [-0.15, -0.1) is 0 Å². The molecule has 1 aliphatic rings. The Kier molecular flexibility index (Phi) is 2.78. The van der Waals surface area contributed by atoms with Gasteiger partial charge in [0.05, 0.1) is 12.9 Å². The minimum atomic E-state index is -3.56. The van der Waals surface area contributed by atoms with E-state index < -0.39 is 22.7 Å². The molecule has 0 aliphatic carbocycles. The smallest absolute Gasteiger partial charge is 0.288 e. The van der Waals surface area contributed by atoms with Gasteiger partial charge in [-0.1, -0.05) is 0 Å². The van der Waals surface area contributed by atoms with Gasteiger partial charge in [0.25, 0.3) is 16.6 Å². The van der Waals surface area contributed by atoms with Crippen LogP contribution >= 0.6 is 0 Å². The third kappa shape index (κ3) is 2.86. The lowest BCUT2D eigenvalue weighted by molar-refractivity contribution is -0.176. The molecule has 1 N–H and O–H groups in total. The summed E-state index contributed by atoms with van der Waals surface area (Å²) >= 11 is 0. The predicted molar refractivity (Wildman–Crippen MR) is 39.3 cm³/mol. The quantitative estimate of drug-likeness (QED) is 0.476. The van der Waals surface area contributed by atoms with Crippen molar-refractivity contribution in [2.24, 2.45) is 0 Å². The fraction of sp³-hybridized carbons (Fsp3) is 0.800. The summed E-state index contributed by atoms with van der Waals surface area (Å²) in [5.74, 6) is 0. The number of hydrogen-bond donors (Lipinski definition) is 1. The average Bonchev–Trinajstić information content (AvgIpc) is 2.32. The zero-order chi connectivity index (χ0) is 9.19. The molecule has 7 heteroatoms. The van der Waals surface area contributed by atoms with Crippen LogP contribution in [0.4, 0.5) is 0 Å². The minimum absolute atomic E-state index is 0.143. The highest BCUT2D eigenvalue weighted by atomic mass is 32.2. The number of hydrogen-bond acceptors (Lipinski definition) is 6. The molecule has 1 saturated heterocycles. The van der Waals surface area contributed by atoms with Crippen LogP contribution in [-0.2, 0) is 23.8 Å². The number of rotatable bonds is 3. The Bertz CT molecular complexity index is 261. The Balaban J connectivity index is 2.43. The molecule has 0 bridgehead atoms. The van der Waals surface area contributed by atoms with E-state index in [1.807, 2.05) is 0 Å². The first-order valence-electron chi connectivity index (χ1n) is 3.17. The molecule has 0 radical (unpaired) electrons. The van der Waals surface area contributed by atoms with Crippen molar-refractivity contribution in [2.75, 3.05) is 12.9 Å². The van der Waals surface area contributed by atoms with Gasteiger partial charge >= 0.3 is 0 Å². The number of nitrogens with one attached hydrogen (secondary N) is 1. The average molecular weight is 195 g/mol. The molecule has 1 rings (SSSR count). The van der Waals surface area contributed by atoms with E-state index in [0.717, 1.165) is 12.5 Å². The van der Waals surface area contributed by atoms with E-state index in [-0.39, 0.29) is 6.61 Å². The molecule has 1 fully saturated rings. The molecule has 1 heterocycles. The van der Waals surface area contributed by atoms with E-state index in [9.17, 15) is 8.42 Å². The molecular weight excluding hydrogens is 186 g/mol. The maximum atomic E-state index is 10.5. The molecule has 2 unspecified atom stereocenters. The molecule has 0 aromatic heterocycles. The van der Waals surface area contributed by atoms with Gasteiger partial charge < -0.3 is 14.9 Å². The van der Waals surface area contributed by atoms with Crippen LogP contribution in [0.2, 0.25) is 0 Å².